The number of ether oxygens (including phenoxy) is 2. The van der Waals surface area contributed by atoms with Gasteiger partial charge in [0.15, 0.2) is 11.5 Å². The molecule has 0 spiro atoms. The lowest BCUT2D eigenvalue weighted by Gasteiger charge is -2.14. The summed E-state index contributed by atoms with van der Waals surface area (Å²) >= 11 is 9.00. The first-order valence-electron chi connectivity index (χ1n) is 8.92. The Balaban J connectivity index is 1.87. The number of nitrogens with zero attached hydrogens (tertiary/aromatic N) is 1. The number of hydrogen-bond acceptors (Lipinski definition) is 5. The van der Waals surface area contributed by atoms with E-state index in [0.717, 1.165) is 20.4 Å². The maximum Gasteiger partial charge on any atom is 0.266 e. The average Bonchev–Trinajstić information content (AvgIpc) is 2.93. The van der Waals surface area contributed by atoms with E-state index in [2.05, 4.69) is 22.6 Å². The third-order valence-corrected chi connectivity index (χ3v) is 6.15. The second-order valence-electron chi connectivity index (χ2n) is 5.95. The Morgan fingerprint density at radius 3 is 2.54 bits per heavy atom. The third-order valence-electron chi connectivity index (χ3n) is 3.98. The fourth-order valence-corrected chi connectivity index (χ4v) is 4.81. The van der Waals surface area contributed by atoms with Crippen molar-refractivity contribution in [3.63, 3.8) is 0 Å². The molecule has 1 aliphatic heterocycles. The molecule has 0 unspecified atom stereocenters. The number of rotatable bonds is 7. The Morgan fingerprint density at radius 1 is 1.14 bits per heavy atom. The van der Waals surface area contributed by atoms with E-state index < -0.39 is 0 Å². The van der Waals surface area contributed by atoms with Gasteiger partial charge in [-0.2, -0.15) is 0 Å². The molecule has 1 heterocycles. The molecule has 4 nitrogen and oxygen atoms in total. The van der Waals surface area contributed by atoms with Crippen molar-refractivity contribution in [2.24, 2.45) is 0 Å². The van der Waals surface area contributed by atoms with Gasteiger partial charge in [-0.3, -0.25) is 9.69 Å². The van der Waals surface area contributed by atoms with Gasteiger partial charge in [-0.1, -0.05) is 54.3 Å². The number of benzene rings is 2. The lowest BCUT2D eigenvalue weighted by molar-refractivity contribution is -0.122. The predicted octanol–water partition coefficient (Wildman–Crippen LogP) is 5.49. The van der Waals surface area contributed by atoms with Crippen molar-refractivity contribution in [2.45, 2.75) is 20.4 Å². The van der Waals surface area contributed by atoms with Gasteiger partial charge in [-0.05, 0) is 65.8 Å². The van der Waals surface area contributed by atoms with Gasteiger partial charge in [-0.25, -0.2) is 0 Å². The lowest BCUT2D eigenvalue weighted by atomic mass is 10.1. The van der Waals surface area contributed by atoms with Crippen LogP contribution in [0.3, 0.4) is 0 Å². The van der Waals surface area contributed by atoms with E-state index in [-0.39, 0.29) is 5.91 Å². The van der Waals surface area contributed by atoms with Crippen LogP contribution in [0, 0.1) is 3.57 Å². The van der Waals surface area contributed by atoms with Crippen molar-refractivity contribution in [3.05, 3.63) is 62.1 Å². The molecule has 1 fully saturated rings. The minimum atomic E-state index is -0.0688. The molecule has 3 rings (SSSR count). The molecule has 0 aromatic heterocycles. The average molecular weight is 525 g/mol. The summed E-state index contributed by atoms with van der Waals surface area (Å²) in [6.07, 6.45) is 1.87. The topological polar surface area (TPSA) is 38.8 Å². The zero-order chi connectivity index (χ0) is 20.1. The predicted molar refractivity (Wildman–Crippen MR) is 127 cm³/mol. The van der Waals surface area contributed by atoms with Crippen molar-refractivity contribution >= 4 is 62.9 Å². The summed E-state index contributed by atoms with van der Waals surface area (Å²) in [6.45, 7) is 5.46. The lowest BCUT2D eigenvalue weighted by Crippen LogP contribution is -2.27. The van der Waals surface area contributed by atoms with E-state index in [1.54, 1.807) is 4.90 Å². The summed E-state index contributed by atoms with van der Waals surface area (Å²) in [5.41, 5.74) is 1.94. The first-order chi connectivity index (χ1) is 13.5. The summed E-state index contributed by atoms with van der Waals surface area (Å²) in [7, 11) is 0. The van der Waals surface area contributed by atoms with Gasteiger partial charge in [0.05, 0.1) is 28.2 Å². The summed E-state index contributed by atoms with van der Waals surface area (Å²) < 4.78 is 13.0. The van der Waals surface area contributed by atoms with Crippen LogP contribution in [0.5, 0.6) is 11.5 Å². The minimum absolute atomic E-state index is 0.0688. The molecule has 2 aromatic rings. The molecule has 2 aromatic carbocycles. The second-order valence-corrected chi connectivity index (χ2v) is 8.79. The van der Waals surface area contributed by atoms with Crippen LogP contribution in [0.1, 0.15) is 25.0 Å². The van der Waals surface area contributed by atoms with Gasteiger partial charge >= 0.3 is 0 Å². The zero-order valence-electron chi connectivity index (χ0n) is 15.6. The number of thiocarbonyl (C=S) groups is 1. The summed E-state index contributed by atoms with van der Waals surface area (Å²) in [6, 6.07) is 13.7. The first-order valence-corrected chi connectivity index (χ1v) is 11.2. The van der Waals surface area contributed by atoms with E-state index in [1.165, 1.54) is 11.8 Å². The summed E-state index contributed by atoms with van der Waals surface area (Å²) in [5, 5.41) is 0. The van der Waals surface area contributed by atoms with E-state index in [1.807, 2.05) is 62.4 Å². The first kappa shape index (κ1) is 21.1. The maximum absolute atomic E-state index is 12.9. The van der Waals surface area contributed by atoms with Crippen molar-refractivity contribution in [3.8, 4) is 11.5 Å². The van der Waals surface area contributed by atoms with Gasteiger partial charge in [-0.15, -0.1) is 0 Å². The molecule has 7 heteroatoms. The van der Waals surface area contributed by atoms with Crippen molar-refractivity contribution in [1.29, 1.82) is 0 Å². The quantitative estimate of drug-likeness (QED) is 0.272. The van der Waals surface area contributed by atoms with Crippen LogP contribution in [0.2, 0.25) is 0 Å². The summed E-state index contributed by atoms with van der Waals surface area (Å²) in [5.74, 6) is 1.35. The van der Waals surface area contributed by atoms with Crippen LogP contribution in [-0.2, 0) is 11.3 Å². The molecule has 1 aliphatic rings. The number of carbonyl (C=O) groups is 1. The second kappa shape index (κ2) is 9.76. The molecule has 146 valence electrons. The molecule has 1 saturated heterocycles. The SMILES string of the molecule is CCOc1cc(/C=C2\SC(=S)N(Cc3ccccc3)C2=O)cc(I)c1OCC. The Hall–Kier alpha value is -1.58. The van der Waals surface area contributed by atoms with Gasteiger partial charge in [0.2, 0.25) is 0 Å². The third kappa shape index (κ3) is 4.87. The molecular formula is C21H20INO3S2. The van der Waals surface area contributed by atoms with Crippen LogP contribution in [0.25, 0.3) is 6.08 Å². The van der Waals surface area contributed by atoms with E-state index in [0.29, 0.717) is 34.7 Å². The molecule has 0 saturated carbocycles. The number of hydrogen-bond donors (Lipinski definition) is 0. The van der Waals surface area contributed by atoms with Gasteiger partial charge < -0.3 is 9.47 Å². The Labute approximate surface area is 188 Å². The van der Waals surface area contributed by atoms with Crippen molar-refractivity contribution in [2.75, 3.05) is 13.2 Å². The normalized spacial score (nSPS) is 15.4. The Kier molecular flexibility index (Phi) is 7.36. The van der Waals surface area contributed by atoms with Crippen molar-refractivity contribution in [1.82, 2.24) is 4.90 Å². The Bertz CT molecular complexity index is 915. The van der Waals surface area contributed by atoms with Crippen LogP contribution < -0.4 is 9.47 Å². The number of amides is 1. The molecule has 0 atom stereocenters. The van der Waals surface area contributed by atoms with Gasteiger partial charge in [0.25, 0.3) is 5.91 Å². The molecule has 0 bridgehead atoms. The molecule has 1 amide bonds. The van der Waals surface area contributed by atoms with Gasteiger partial charge in [0, 0.05) is 0 Å². The zero-order valence-corrected chi connectivity index (χ0v) is 19.4. The van der Waals surface area contributed by atoms with Gasteiger partial charge in [0.1, 0.15) is 4.32 Å². The Morgan fingerprint density at radius 2 is 1.86 bits per heavy atom. The fourth-order valence-electron chi connectivity index (χ4n) is 2.77. The smallest absolute Gasteiger partial charge is 0.266 e. The number of carbonyl (C=O) groups excluding carboxylic acids is 1. The van der Waals surface area contributed by atoms with E-state index in [9.17, 15) is 4.79 Å². The van der Waals surface area contributed by atoms with Crippen LogP contribution in [0.15, 0.2) is 47.4 Å². The molecule has 0 radical (unpaired) electrons. The van der Waals surface area contributed by atoms with E-state index >= 15 is 0 Å². The summed E-state index contributed by atoms with van der Waals surface area (Å²) in [4.78, 5) is 15.1. The maximum atomic E-state index is 12.9. The largest absolute Gasteiger partial charge is 0.490 e. The monoisotopic (exact) mass is 525 g/mol. The molecule has 28 heavy (non-hydrogen) atoms. The van der Waals surface area contributed by atoms with Crippen molar-refractivity contribution < 1.29 is 14.3 Å². The molecular weight excluding hydrogens is 505 g/mol. The van der Waals surface area contributed by atoms with Crippen LogP contribution in [0.4, 0.5) is 0 Å². The molecule has 0 aliphatic carbocycles. The minimum Gasteiger partial charge on any atom is -0.490 e. The highest BCUT2D eigenvalue weighted by Gasteiger charge is 2.32. The fraction of sp³-hybridized carbons (Fsp3) is 0.238. The van der Waals surface area contributed by atoms with E-state index in [4.69, 9.17) is 21.7 Å². The number of thioether (sulfide) groups is 1. The highest BCUT2D eigenvalue weighted by atomic mass is 127. The number of halogens is 1. The standard InChI is InChI=1S/C21H20INO3S2/c1-3-25-17-11-15(10-16(22)19(17)26-4-2)12-18-20(24)23(21(27)28-18)13-14-8-6-5-7-9-14/h5-12H,3-4,13H2,1-2H3/b18-12-. The highest BCUT2D eigenvalue weighted by molar-refractivity contribution is 14.1. The molecule has 0 N–H and O–H groups in total. The highest BCUT2D eigenvalue weighted by Crippen LogP contribution is 2.38. The van der Waals surface area contributed by atoms with Crippen LogP contribution in [-0.4, -0.2) is 28.3 Å². The van der Waals surface area contributed by atoms with Crippen LogP contribution >= 0.6 is 46.6 Å².